The molecule has 38 heavy (non-hydrogen) atoms. The number of hydrogen-bond donors (Lipinski definition) is 3. The van der Waals surface area contributed by atoms with E-state index < -0.39 is 0 Å². The zero-order valence-electron chi connectivity index (χ0n) is 21.4. The van der Waals surface area contributed by atoms with Crippen molar-refractivity contribution in [2.24, 2.45) is 0 Å². The third kappa shape index (κ3) is 6.26. The van der Waals surface area contributed by atoms with E-state index in [9.17, 15) is 9.59 Å². The Morgan fingerprint density at radius 3 is 2.21 bits per heavy atom. The average Bonchev–Trinajstić information content (AvgIpc) is 2.94. The smallest absolute Gasteiger partial charge is 0.255 e. The molecule has 3 aromatic carbocycles. The first kappa shape index (κ1) is 27.4. The predicted octanol–water partition coefficient (Wildman–Crippen LogP) is 6.78. The molecule has 0 aromatic heterocycles. The van der Waals surface area contributed by atoms with E-state index >= 15 is 0 Å². The quantitative estimate of drug-likeness (QED) is 0.284. The van der Waals surface area contributed by atoms with Crippen molar-refractivity contribution < 1.29 is 9.59 Å². The maximum absolute atomic E-state index is 13.3. The number of anilines is 1. The summed E-state index contributed by atoms with van der Waals surface area (Å²) in [6.45, 7) is 3.21. The van der Waals surface area contributed by atoms with Crippen LogP contribution in [0.5, 0.6) is 0 Å². The fourth-order valence-electron chi connectivity index (χ4n) is 4.63. The summed E-state index contributed by atoms with van der Waals surface area (Å²) in [6, 6.07) is 18.4. The van der Waals surface area contributed by atoms with Crippen molar-refractivity contribution in [3.8, 4) is 0 Å². The lowest BCUT2D eigenvalue weighted by Crippen LogP contribution is -2.38. The third-order valence-corrected chi connectivity index (χ3v) is 7.61. The molecule has 1 aliphatic heterocycles. The number of benzene rings is 3. The Kier molecular flexibility index (Phi) is 8.87. The molecule has 4 rings (SSSR count). The third-order valence-electron chi connectivity index (χ3n) is 6.87. The molecule has 0 spiro atoms. The second kappa shape index (κ2) is 12.3. The molecule has 2 amide bonds. The van der Waals surface area contributed by atoms with Gasteiger partial charge in [-0.05, 0) is 72.7 Å². The number of nitrogens with zero attached hydrogens (tertiary/aromatic N) is 1. The Balaban J connectivity index is 1.40. The highest BCUT2D eigenvalue weighted by atomic mass is 35.5. The molecule has 0 bridgehead atoms. The van der Waals surface area contributed by atoms with E-state index in [1.165, 1.54) is 17.8 Å². The number of carbonyl (C=O) groups is 2. The molecule has 0 saturated carbocycles. The summed E-state index contributed by atoms with van der Waals surface area (Å²) in [5.74, 6) is 0.0119. The van der Waals surface area contributed by atoms with Crippen LogP contribution in [0.1, 0.15) is 56.2 Å². The van der Waals surface area contributed by atoms with Crippen LogP contribution in [0.15, 0.2) is 66.9 Å². The number of amides is 2. The first-order valence-corrected chi connectivity index (χ1v) is 13.2. The summed E-state index contributed by atoms with van der Waals surface area (Å²) in [7, 11) is 1.82. The standard InChI is InChI=1S/C30H30Cl2N4O2/c1-19-3-4-24(16-28(19)35-29(37)23-9-10-26(31)27(32)15-23)30(38)36-13-11-22(12-14-36)20-5-7-21(8-6-20)25(17-33)18-34-2/h3-10,15-18,22,33-34H,11-14H2,1-2H3,(H,35,37)/b25-18+,33-17?. The molecule has 0 atom stereocenters. The van der Waals surface area contributed by atoms with E-state index in [0.29, 0.717) is 45.9 Å². The highest BCUT2D eigenvalue weighted by Gasteiger charge is 2.25. The van der Waals surface area contributed by atoms with Gasteiger partial charge in [0.05, 0.1) is 10.0 Å². The van der Waals surface area contributed by atoms with Gasteiger partial charge in [0.15, 0.2) is 0 Å². The Hall–Kier alpha value is -3.61. The second-order valence-electron chi connectivity index (χ2n) is 9.33. The number of piperidine rings is 1. The number of carbonyl (C=O) groups excluding carboxylic acids is 2. The van der Waals surface area contributed by atoms with E-state index in [4.69, 9.17) is 28.6 Å². The Morgan fingerprint density at radius 2 is 1.58 bits per heavy atom. The van der Waals surface area contributed by atoms with Gasteiger partial charge in [-0.1, -0.05) is 53.5 Å². The first-order valence-electron chi connectivity index (χ1n) is 12.4. The van der Waals surface area contributed by atoms with Gasteiger partial charge in [0, 0.05) is 54.9 Å². The number of nitrogens with one attached hydrogen (secondary N) is 3. The molecule has 3 N–H and O–H groups in total. The second-order valence-corrected chi connectivity index (χ2v) is 10.1. The first-order chi connectivity index (χ1) is 18.3. The predicted molar refractivity (Wildman–Crippen MR) is 156 cm³/mol. The van der Waals surface area contributed by atoms with Crippen molar-refractivity contribution in [3.63, 3.8) is 0 Å². The van der Waals surface area contributed by atoms with Gasteiger partial charge in [-0.2, -0.15) is 0 Å². The van der Waals surface area contributed by atoms with E-state index in [0.717, 1.165) is 29.5 Å². The number of hydrogen-bond acceptors (Lipinski definition) is 4. The largest absolute Gasteiger partial charge is 0.393 e. The summed E-state index contributed by atoms with van der Waals surface area (Å²) in [4.78, 5) is 28.0. The lowest BCUT2D eigenvalue weighted by atomic mass is 9.88. The van der Waals surface area contributed by atoms with E-state index in [1.807, 2.05) is 37.1 Å². The fraction of sp³-hybridized carbons (Fsp3) is 0.233. The van der Waals surface area contributed by atoms with E-state index in [1.54, 1.807) is 30.5 Å². The molecule has 1 aliphatic rings. The van der Waals surface area contributed by atoms with Crippen LogP contribution in [-0.2, 0) is 0 Å². The van der Waals surface area contributed by atoms with Gasteiger partial charge in [0.2, 0.25) is 0 Å². The maximum atomic E-state index is 13.3. The molecule has 1 saturated heterocycles. The Labute approximate surface area is 233 Å². The van der Waals surface area contributed by atoms with Gasteiger partial charge in [-0.3, -0.25) is 9.59 Å². The minimum absolute atomic E-state index is 0.0448. The molecule has 196 valence electrons. The van der Waals surface area contributed by atoms with Crippen LogP contribution in [-0.4, -0.2) is 43.1 Å². The van der Waals surface area contributed by atoms with Crippen LogP contribution in [0.25, 0.3) is 5.57 Å². The Bertz CT molecular complexity index is 1380. The summed E-state index contributed by atoms with van der Waals surface area (Å²) in [5, 5.41) is 14.1. The van der Waals surface area contributed by atoms with Crippen LogP contribution in [0.3, 0.4) is 0 Å². The zero-order chi connectivity index (χ0) is 27.2. The van der Waals surface area contributed by atoms with Crippen molar-refractivity contribution in [2.45, 2.75) is 25.7 Å². The SMILES string of the molecule is CN/C=C(\C=N)c1ccc(C2CCN(C(=O)c3ccc(C)c(NC(=O)c4ccc(Cl)c(Cl)c4)c3)CC2)cc1. The van der Waals surface area contributed by atoms with Crippen LogP contribution in [0.2, 0.25) is 10.0 Å². The van der Waals surface area contributed by atoms with Gasteiger partial charge in [0.25, 0.3) is 11.8 Å². The number of halogens is 2. The highest BCUT2D eigenvalue weighted by molar-refractivity contribution is 6.42. The molecule has 3 aromatic rings. The topological polar surface area (TPSA) is 85.3 Å². The number of aryl methyl sites for hydroxylation is 1. The van der Waals surface area contributed by atoms with Crippen LogP contribution < -0.4 is 10.6 Å². The molecule has 0 aliphatic carbocycles. The molecule has 6 nitrogen and oxygen atoms in total. The summed E-state index contributed by atoms with van der Waals surface area (Å²) in [5.41, 5.74) is 5.43. The van der Waals surface area contributed by atoms with Crippen molar-refractivity contribution in [1.82, 2.24) is 10.2 Å². The average molecular weight is 550 g/mol. The van der Waals surface area contributed by atoms with Gasteiger partial charge in [0.1, 0.15) is 0 Å². The lowest BCUT2D eigenvalue weighted by Gasteiger charge is -2.32. The summed E-state index contributed by atoms with van der Waals surface area (Å²) < 4.78 is 0. The van der Waals surface area contributed by atoms with Gasteiger partial charge >= 0.3 is 0 Å². The number of likely N-dealkylation sites (tertiary alicyclic amines) is 1. The van der Waals surface area contributed by atoms with Crippen molar-refractivity contribution in [1.29, 1.82) is 5.41 Å². The maximum Gasteiger partial charge on any atom is 0.255 e. The van der Waals surface area contributed by atoms with Crippen LogP contribution >= 0.6 is 23.2 Å². The lowest BCUT2D eigenvalue weighted by molar-refractivity contribution is 0.0712. The van der Waals surface area contributed by atoms with E-state index in [2.05, 4.69) is 22.8 Å². The minimum atomic E-state index is -0.322. The molecule has 8 heteroatoms. The van der Waals surface area contributed by atoms with Crippen molar-refractivity contribution in [3.05, 3.63) is 105 Å². The number of allylic oxidation sites excluding steroid dienone is 1. The fourth-order valence-corrected chi connectivity index (χ4v) is 4.93. The van der Waals surface area contributed by atoms with Gasteiger partial charge in [-0.25, -0.2) is 0 Å². The van der Waals surface area contributed by atoms with Crippen molar-refractivity contribution >= 4 is 52.5 Å². The molecular formula is C30H30Cl2N4O2. The minimum Gasteiger partial charge on any atom is -0.393 e. The van der Waals surface area contributed by atoms with Crippen LogP contribution in [0.4, 0.5) is 5.69 Å². The molecule has 0 unspecified atom stereocenters. The van der Waals surface area contributed by atoms with E-state index in [-0.39, 0.29) is 11.8 Å². The normalized spacial score (nSPS) is 14.2. The Morgan fingerprint density at radius 1 is 0.921 bits per heavy atom. The highest BCUT2D eigenvalue weighted by Crippen LogP contribution is 2.30. The zero-order valence-corrected chi connectivity index (χ0v) is 22.9. The summed E-state index contributed by atoms with van der Waals surface area (Å²) in [6.07, 6.45) is 4.90. The van der Waals surface area contributed by atoms with Crippen LogP contribution in [0, 0.1) is 12.3 Å². The monoisotopic (exact) mass is 548 g/mol. The van der Waals surface area contributed by atoms with Gasteiger partial charge in [-0.15, -0.1) is 0 Å². The summed E-state index contributed by atoms with van der Waals surface area (Å²) >= 11 is 12.0. The molecule has 1 fully saturated rings. The molecular weight excluding hydrogens is 519 g/mol. The van der Waals surface area contributed by atoms with Gasteiger partial charge < -0.3 is 20.9 Å². The molecule has 1 heterocycles. The number of rotatable bonds is 7. The molecule has 0 radical (unpaired) electrons. The van der Waals surface area contributed by atoms with Crippen molar-refractivity contribution in [2.75, 3.05) is 25.5 Å².